The van der Waals surface area contributed by atoms with Crippen LogP contribution >= 0.6 is 0 Å². The average molecular weight is 113 g/mol. The third-order valence-corrected chi connectivity index (χ3v) is 0.764. The van der Waals surface area contributed by atoms with E-state index in [2.05, 4.69) is 6.07 Å². The Labute approximate surface area is 45.8 Å². The van der Waals surface area contributed by atoms with Crippen LogP contribution in [0.3, 0.4) is 0 Å². The molecule has 0 fully saturated rings. The summed E-state index contributed by atoms with van der Waals surface area (Å²) in [6.45, 7) is 0. The molecule has 0 bridgehead atoms. The zero-order valence-corrected chi connectivity index (χ0v) is 3.99. The first-order valence-corrected chi connectivity index (χ1v) is 2.12. The summed E-state index contributed by atoms with van der Waals surface area (Å²) in [4.78, 5) is 0. The molecule has 0 aliphatic heterocycles. The Kier molecular flexibility index (Phi) is 1.24. The monoisotopic (exact) mass is 113 g/mol. The van der Waals surface area contributed by atoms with Crippen LogP contribution in [0.2, 0.25) is 0 Å². The van der Waals surface area contributed by atoms with E-state index in [1.165, 1.54) is 6.07 Å². The van der Waals surface area contributed by atoms with Crippen LogP contribution < -0.4 is 0 Å². The molecule has 0 N–H and O–H groups in total. The Morgan fingerprint density at radius 2 is 2.00 bits per heavy atom. The third kappa shape index (κ3) is 0.832. The van der Waals surface area contributed by atoms with Crippen LogP contribution in [0.4, 0.5) is 8.78 Å². The summed E-state index contributed by atoms with van der Waals surface area (Å²) in [5.74, 6) is -1.68. The molecule has 0 amide bonds. The lowest BCUT2D eigenvalue weighted by Crippen LogP contribution is -1.78. The molecule has 0 aliphatic rings. The SMILES string of the molecule is Fc1c[c]ccc1F. The maximum Gasteiger partial charge on any atom is 0.159 e. The van der Waals surface area contributed by atoms with Gasteiger partial charge in [0.2, 0.25) is 0 Å². The van der Waals surface area contributed by atoms with Gasteiger partial charge in [-0.05, 0) is 18.2 Å². The van der Waals surface area contributed by atoms with Crippen molar-refractivity contribution in [2.45, 2.75) is 0 Å². The van der Waals surface area contributed by atoms with Gasteiger partial charge < -0.3 is 0 Å². The van der Waals surface area contributed by atoms with Crippen LogP contribution in [0.1, 0.15) is 0 Å². The molecule has 0 heterocycles. The van der Waals surface area contributed by atoms with E-state index in [4.69, 9.17) is 0 Å². The van der Waals surface area contributed by atoms with E-state index in [0.29, 0.717) is 0 Å². The highest BCUT2D eigenvalue weighted by Crippen LogP contribution is 2.00. The van der Waals surface area contributed by atoms with Gasteiger partial charge in [-0.3, -0.25) is 0 Å². The molecule has 1 aromatic carbocycles. The van der Waals surface area contributed by atoms with E-state index in [1.54, 1.807) is 0 Å². The van der Waals surface area contributed by atoms with Gasteiger partial charge in [0.1, 0.15) is 0 Å². The largest absolute Gasteiger partial charge is 0.204 e. The minimum atomic E-state index is -0.854. The second kappa shape index (κ2) is 1.90. The molecule has 0 saturated heterocycles. The average Bonchev–Trinajstić information content (AvgIpc) is 1.77. The Morgan fingerprint density at radius 3 is 2.38 bits per heavy atom. The van der Waals surface area contributed by atoms with E-state index >= 15 is 0 Å². The van der Waals surface area contributed by atoms with Crippen molar-refractivity contribution in [1.29, 1.82) is 0 Å². The number of rotatable bonds is 0. The summed E-state index contributed by atoms with van der Waals surface area (Å²) in [6.07, 6.45) is 0. The van der Waals surface area contributed by atoms with Gasteiger partial charge in [-0.15, -0.1) is 0 Å². The van der Waals surface area contributed by atoms with Crippen molar-refractivity contribution >= 4 is 0 Å². The zero-order valence-electron chi connectivity index (χ0n) is 3.99. The highest BCUT2D eigenvalue weighted by atomic mass is 19.2. The highest BCUT2D eigenvalue weighted by molar-refractivity contribution is 5.03. The predicted molar refractivity (Wildman–Crippen MR) is 25.2 cm³/mol. The van der Waals surface area contributed by atoms with Crippen molar-refractivity contribution < 1.29 is 8.78 Å². The first kappa shape index (κ1) is 5.22. The van der Waals surface area contributed by atoms with Gasteiger partial charge in [0.15, 0.2) is 11.6 Å². The number of hydrogen-bond donors (Lipinski definition) is 0. The zero-order chi connectivity index (χ0) is 5.98. The number of halogens is 2. The topological polar surface area (TPSA) is 0 Å². The first-order chi connectivity index (χ1) is 3.80. The van der Waals surface area contributed by atoms with Crippen molar-refractivity contribution in [3.63, 3.8) is 0 Å². The molecular formula is C6H3F2. The van der Waals surface area contributed by atoms with Gasteiger partial charge in [0.05, 0.1) is 0 Å². The minimum Gasteiger partial charge on any atom is -0.204 e. The first-order valence-electron chi connectivity index (χ1n) is 2.12. The quantitative estimate of drug-likeness (QED) is 0.481. The molecule has 0 unspecified atom stereocenters. The maximum atomic E-state index is 11.9. The predicted octanol–water partition coefficient (Wildman–Crippen LogP) is 1.76. The summed E-state index contributed by atoms with van der Waals surface area (Å²) in [5, 5.41) is 0. The van der Waals surface area contributed by atoms with E-state index < -0.39 is 11.6 Å². The molecule has 0 spiro atoms. The summed E-state index contributed by atoms with van der Waals surface area (Å²) in [7, 11) is 0. The molecule has 1 rings (SSSR count). The summed E-state index contributed by atoms with van der Waals surface area (Å²) < 4.78 is 23.8. The van der Waals surface area contributed by atoms with Crippen LogP contribution in [0.25, 0.3) is 0 Å². The van der Waals surface area contributed by atoms with Crippen molar-refractivity contribution in [3.8, 4) is 0 Å². The van der Waals surface area contributed by atoms with Gasteiger partial charge in [0, 0.05) is 0 Å². The van der Waals surface area contributed by atoms with Crippen molar-refractivity contribution in [2.75, 3.05) is 0 Å². The van der Waals surface area contributed by atoms with E-state index in [1.807, 2.05) is 0 Å². The summed E-state index contributed by atoms with van der Waals surface area (Å²) in [5.41, 5.74) is 0. The Morgan fingerprint density at radius 1 is 1.25 bits per heavy atom. The van der Waals surface area contributed by atoms with E-state index in [0.717, 1.165) is 12.1 Å². The molecular weight excluding hydrogens is 110 g/mol. The fraction of sp³-hybridized carbons (Fsp3) is 0. The second-order valence-corrected chi connectivity index (χ2v) is 1.34. The van der Waals surface area contributed by atoms with E-state index in [9.17, 15) is 8.78 Å². The molecule has 0 nitrogen and oxygen atoms in total. The third-order valence-electron chi connectivity index (χ3n) is 0.764. The maximum absolute atomic E-state index is 11.9. The van der Waals surface area contributed by atoms with E-state index in [-0.39, 0.29) is 0 Å². The Hall–Kier alpha value is -0.920. The van der Waals surface area contributed by atoms with Gasteiger partial charge >= 0.3 is 0 Å². The molecule has 41 valence electrons. The fourth-order valence-corrected chi connectivity index (χ4v) is 0.391. The fourth-order valence-electron chi connectivity index (χ4n) is 0.391. The van der Waals surface area contributed by atoms with Gasteiger partial charge in [0.25, 0.3) is 0 Å². The number of hydrogen-bond acceptors (Lipinski definition) is 0. The Bertz CT molecular complexity index is 163. The van der Waals surface area contributed by atoms with Crippen molar-refractivity contribution in [1.82, 2.24) is 0 Å². The lowest BCUT2D eigenvalue weighted by molar-refractivity contribution is 0.508. The number of benzene rings is 1. The lowest BCUT2D eigenvalue weighted by Gasteiger charge is -1.84. The molecule has 1 radical (unpaired) electrons. The van der Waals surface area contributed by atoms with Gasteiger partial charge in [-0.1, -0.05) is 6.07 Å². The normalized spacial score (nSPS) is 9.25. The molecule has 8 heavy (non-hydrogen) atoms. The summed E-state index contributed by atoms with van der Waals surface area (Å²) in [6, 6.07) is 5.68. The van der Waals surface area contributed by atoms with Gasteiger partial charge in [-0.2, -0.15) is 0 Å². The van der Waals surface area contributed by atoms with Crippen molar-refractivity contribution in [2.24, 2.45) is 0 Å². The second-order valence-electron chi connectivity index (χ2n) is 1.34. The molecule has 0 aliphatic carbocycles. The summed E-state index contributed by atoms with van der Waals surface area (Å²) >= 11 is 0. The van der Waals surface area contributed by atoms with Crippen molar-refractivity contribution in [3.05, 3.63) is 35.9 Å². The molecule has 0 atom stereocenters. The lowest BCUT2D eigenvalue weighted by atomic mass is 10.3. The molecule has 0 aromatic heterocycles. The Balaban J connectivity index is 3.13. The minimum absolute atomic E-state index is 0.830. The standard InChI is InChI=1S/C6H3F2/c7-5-3-1-2-4-6(5)8/h1,3-4H. The molecule has 0 saturated carbocycles. The van der Waals surface area contributed by atoms with Gasteiger partial charge in [-0.25, -0.2) is 8.78 Å². The highest BCUT2D eigenvalue weighted by Gasteiger charge is 1.93. The van der Waals surface area contributed by atoms with Crippen LogP contribution in [-0.2, 0) is 0 Å². The van der Waals surface area contributed by atoms with Crippen LogP contribution in [0.5, 0.6) is 0 Å². The van der Waals surface area contributed by atoms with Crippen LogP contribution in [-0.4, -0.2) is 0 Å². The molecule has 1 aromatic rings. The smallest absolute Gasteiger partial charge is 0.159 e. The van der Waals surface area contributed by atoms with Crippen LogP contribution in [0, 0.1) is 17.7 Å². The van der Waals surface area contributed by atoms with Crippen LogP contribution in [0.15, 0.2) is 18.2 Å². The molecule has 2 heteroatoms.